The van der Waals surface area contributed by atoms with E-state index in [-0.39, 0.29) is 16.5 Å². The van der Waals surface area contributed by atoms with Crippen molar-refractivity contribution in [1.29, 1.82) is 0 Å². The van der Waals surface area contributed by atoms with E-state index in [0.29, 0.717) is 24.5 Å². The number of ether oxygens (including phenoxy) is 2. The number of fused-ring (bicyclic) bond motifs is 1. The van der Waals surface area contributed by atoms with Crippen LogP contribution in [-0.2, 0) is 16.0 Å². The van der Waals surface area contributed by atoms with Gasteiger partial charge in [0.1, 0.15) is 11.6 Å². The lowest BCUT2D eigenvalue weighted by molar-refractivity contribution is 0.0185. The third-order valence-electron chi connectivity index (χ3n) is 3.25. The Kier molecular flexibility index (Phi) is 5.43. The second-order valence-electron chi connectivity index (χ2n) is 4.76. The molecule has 0 saturated heterocycles. The Bertz CT molecular complexity index is 631. The number of hydrogen-bond acceptors (Lipinski definition) is 3. The van der Waals surface area contributed by atoms with Crippen molar-refractivity contribution in [2.24, 2.45) is 0 Å². The molecule has 0 bridgehead atoms. The van der Waals surface area contributed by atoms with Crippen LogP contribution in [0, 0.1) is 5.82 Å². The normalized spacial score (nSPS) is 14.6. The molecule has 2 unspecified atom stereocenters. The molecule has 2 rings (SSSR count). The number of methoxy groups -OCH3 is 2. The molecule has 2 atom stereocenters. The average Bonchev–Trinajstić information content (AvgIpc) is 2.77. The van der Waals surface area contributed by atoms with E-state index in [2.05, 4.69) is 4.98 Å². The van der Waals surface area contributed by atoms with Crippen molar-refractivity contribution in [2.75, 3.05) is 20.8 Å². The van der Waals surface area contributed by atoms with E-state index < -0.39 is 5.82 Å². The summed E-state index contributed by atoms with van der Waals surface area (Å²) in [6.07, 6.45) is -0.162. The van der Waals surface area contributed by atoms with E-state index in [1.807, 2.05) is 11.5 Å². The number of halogens is 3. The van der Waals surface area contributed by atoms with Gasteiger partial charge in [-0.2, -0.15) is 0 Å². The maximum Gasteiger partial charge on any atom is 0.144 e. The number of hydrogen-bond donors (Lipinski definition) is 0. The number of alkyl halides is 1. The van der Waals surface area contributed by atoms with E-state index >= 15 is 0 Å². The predicted molar refractivity (Wildman–Crippen MR) is 81.6 cm³/mol. The van der Waals surface area contributed by atoms with Crippen LogP contribution in [0.2, 0.25) is 5.02 Å². The molecule has 0 spiro atoms. The van der Waals surface area contributed by atoms with Gasteiger partial charge in [-0.25, -0.2) is 9.37 Å². The fraction of sp³-hybridized carbons (Fsp3) is 0.500. The fourth-order valence-electron chi connectivity index (χ4n) is 2.22. The number of nitrogens with zero attached hydrogens (tertiary/aromatic N) is 2. The molecular formula is C14H17Cl2FN2O2. The summed E-state index contributed by atoms with van der Waals surface area (Å²) in [5.74, 6) is 0.147. The summed E-state index contributed by atoms with van der Waals surface area (Å²) in [5, 5.41) is -0.266. The van der Waals surface area contributed by atoms with Crippen molar-refractivity contribution in [3.05, 3.63) is 28.8 Å². The summed E-state index contributed by atoms with van der Waals surface area (Å²) < 4.78 is 26.0. The first kappa shape index (κ1) is 16.5. The second-order valence-corrected chi connectivity index (χ2v) is 5.83. The highest BCUT2D eigenvalue weighted by atomic mass is 35.5. The van der Waals surface area contributed by atoms with Crippen LogP contribution in [0.5, 0.6) is 0 Å². The number of aromatic nitrogens is 2. The molecule has 0 saturated carbocycles. The third-order valence-corrected chi connectivity index (χ3v) is 3.73. The van der Waals surface area contributed by atoms with E-state index in [9.17, 15) is 4.39 Å². The zero-order chi connectivity index (χ0) is 15.6. The molecule has 21 heavy (non-hydrogen) atoms. The van der Waals surface area contributed by atoms with Gasteiger partial charge in [-0.05, 0) is 13.0 Å². The first-order valence-corrected chi connectivity index (χ1v) is 7.30. The smallest absolute Gasteiger partial charge is 0.144 e. The molecule has 2 aromatic rings. The van der Waals surface area contributed by atoms with E-state index in [1.165, 1.54) is 6.07 Å². The van der Waals surface area contributed by atoms with E-state index in [4.69, 9.17) is 32.7 Å². The molecule has 0 amide bonds. The van der Waals surface area contributed by atoms with Gasteiger partial charge in [0.25, 0.3) is 0 Å². The minimum Gasteiger partial charge on any atom is -0.382 e. The maximum atomic E-state index is 13.6. The quantitative estimate of drug-likeness (QED) is 0.754. The van der Waals surface area contributed by atoms with Crippen LogP contribution in [0.25, 0.3) is 11.0 Å². The first-order valence-electron chi connectivity index (χ1n) is 6.48. The van der Waals surface area contributed by atoms with Gasteiger partial charge in [-0.15, -0.1) is 11.6 Å². The van der Waals surface area contributed by atoms with Crippen molar-refractivity contribution in [1.82, 2.24) is 9.55 Å². The lowest BCUT2D eigenvalue weighted by atomic mass is 10.3. The Morgan fingerprint density at radius 3 is 2.67 bits per heavy atom. The zero-order valence-electron chi connectivity index (χ0n) is 12.1. The molecule has 0 aliphatic rings. The Balaban J connectivity index is 2.52. The highest BCUT2D eigenvalue weighted by Gasteiger charge is 2.19. The van der Waals surface area contributed by atoms with Crippen molar-refractivity contribution in [3.8, 4) is 0 Å². The minimum absolute atomic E-state index is 0.0538. The maximum absolute atomic E-state index is 13.6. The summed E-state index contributed by atoms with van der Waals surface area (Å²) in [5.41, 5.74) is 1.24. The SMILES string of the molecule is COCC(Cn1c(C(C)Cl)nc2cc(F)c(Cl)cc21)OC. The van der Waals surface area contributed by atoms with Crippen molar-refractivity contribution in [2.45, 2.75) is 24.9 Å². The van der Waals surface area contributed by atoms with Gasteiger partial charge in [0, 0.05) is 20.3 Å². The van der Waals surface area contributed by atoms with Crippen LogP contribution in [0.3, 0.4) is 0 Å². The molecule has 4 nitrogen and oxygen atoms in total. The highest BCUT2D eigenvalue weighted by molar-refractivity contribution is 6.31. The standard InChI is InChI=1S/C14H17Cl2FN2O2/c1-8(15)14-18-12-5-11(17)10(16)4-13(12)19(14)6-9(21-3)7-20-2/h4-5,8-9H,6-7H2,1-3H3. The second kappa shape index (κ2) is 6.92. The molecule has 0 fully saturated rings. The first-order chi connectivity index (χ1) is 9.97. The summed E-state index contributed by atoms with van der Waals surface area (Å²) in [6.45, 7) is 2.74. The van der Waals surface area contributed by atoms with Crippen LogP contribution in [0.15, 0.2) is 12.1 Å². The Labute approximate surface area is 132 Å². The van der Waals surface area contributed by atoms with Crippen LogP contribution >= 0.6 is 23.2 Å². The number of rotatable bonds is 6. The molecular weight excluding hydrogens is 318 g/mol. The largest absolute Gasteiger partial charge is 0.382 e. The zero-order valence-corrected chi connectivity index (χ0v) is 13.6. The monoisotopic (exact) mass is 334 g/mol. The number of imidazole rings is 1. The Morgan fingerprint density at radius 2 is 2.10 bits per heavy atom. The van der Waals surface area contributed by atoms with Crippen molar-refractivity contribution < 1.29 is 13.9 Å². The van der Waals surface area contributed by atoms with E-state index in [0.717, 1.165) is 5.52 Å². The lowest BCUT2D eigenvalue weighted by Gasteiger charge is -2.18. The highest BCUT2D eigenvalue weighted by Crippen LogP contribution is 2.28. The summed E-state index contributed by atoms with van der Waals surface area (Å²) in [6, 6.07) is 2.87. The molecule has 116 valence electrons. The van der Waals surface area contributed by atoms with Gasteiger partial charge in [-0.3, -0.25) is 0 Å². The van der Waals surface area contributed by atoms with Crippen LogP contribution in [-0.4, -0.2) is 36.5 Å². The van der Waals surface area contributed by atoms with Crippen molar-refractivity contribution >= 4 is 34.2 Å². The molecule has 1 aromatic heterocycles. The topological polar surface area (TPSA) is 36.3 Å². The van der Waals surface area contributed by atoms with Crippen LogP contribution in [0.1, 0.15) is 18.1 Å². The fourth-order valence-corrected chi connectivity index (χ4v) is 2.54. The molecule has 0 aliphatic carbocycles. The molecule has 0 N–H and O–H groups in total. The van der Waals surface area contributed by atoms with Crippen molar-refractivity contribution in [3.63, 3.8) is 0 Å². The molecule has 0 radical (unpaired) electrons. The van der Waals surface area contributed by atoms with Crippen LogP contribution < -0.4 is 0 Å². The van der Waals surface area contributed by atoms with Gasteiger partial charge < -0.3 is 14.0 Å². The van der Waals surface area contributed by atoms with Gasteiger partial charge in [-0.1, -0.05) is 11.6 Å². The van der Waals surface area contributed by atoms with Gasteiger partial charge in [0.05, 0.1) is 40.7 Å². The van der Waals surface area contributed by atoms with Gasteiger partial charge in [0.2, 0.25) is 0 Å². The molecule has 1 heterocycles. The minimum atomic E-state index is -0.497. The predicted octanol–water partition coefficient (Wildman–Crippen LogP) is 3.79. The van der Waals surface area contributed by atoms with Gasteiger partial charge in [0.15, 0.2) is 0 Å². The van der Waals surface area contributed by atoms with E-state index in [1.54, 1.807) is 20.3 Å². The average molecular weight is 335 g/mol. The molecule has 1 aromatic carbocycles. The van der Waals surface area contributed by atoms with Crippen LogP contribution in [0.4, 0.5) is 4.39 Å². The number of benzene rings is 1. The Hall–Kier alpha value is -0.880. The third kappa shape index (κ3) is 3.48. The Morgan fingerprint density at radius 1 is 1.38 bits per heavy atom. The summed E-state index contributed by atoms with van der Waals surface area (Å²) >= 11 is 12.1. The summed E-state index contributed by atoms with van der Waals surface area (Å²) in [4.78, 5) is 4.40. The molecule has 7 heteroatoms. The van der Waals surface area contributed by atoms with Gasteiger partial charge >= 0.3 is 0 Å². The summed E-state index contributed by atoms with van der Waals surface area (Å²) in [7, 11) is 3.22. The molecule has 0 aliphatic heterocycles. The lowest BCUT2D eigenvalue weighted by Crippen LogP contribution is -2.24.